The summed E-state index contributed by atoms with van der Waals surface area (Å²) >= 11 is 5.60. The Morgan fingerprint density at radius 1 is 1.50 bits per heavy atom. The molecule has 0 aliphatic rings. The van der Waals surface area contributed by atoms with Crippen LogP contribution < -0.4 is 0 Å². The molecule has 2 aromatic rings. The van der Waals surface area contributed by atoms with Crippen LogP contribution in [0.1, 0.15) is 10.5 Å². The van der Waals surface area contributed by atoms with E-state index >= 15 is 0 Å². The monoisotopic (exact) mass is 240 g/mol. The zero-order valence-electron chi connectivity index (χ0n) is 7.89. The molecule has 4 nitrogen and oxygen atoms in total. The standard InChI is InChI=1S/C10H6ClFN2O2/c11-6-1-2-8(7(12)3-6)14-5-13-4-9(14)10(15)16/h1-5H,(H,15,16). The average Bonchev–Trinajstić information content (AvgIpc) is 2.66. The van der Waals surface area contributed by atoms with Gasteiger partial charge in [0.2, 0.25) is 0 Å². The summed E-state index contributed by atoms with van der Waals surface area (Å²) in [6.45, 7) is 0. The minimum atomic E-state index is -1.17. The Labute approximate surface area is 94.9 Å². The number of hydrogen-bond acceptors (Lipinski definition) is 2. The largest absolute Gasteiger partial charge is 0.477 e. The summed E-state index contributed by atoms with van der Waals surface area (Å²) in [4.78, 5) is 14.5. The first-order valence-electron chi connectivity index (χ1n) is 4.30. The predicted octanol–water partition coefficient (Wildman–Crippen LogP) is 2.36. The van der Waals surface area contributed by atoms with Crippen LogP contribution in [-0.4, -0.2) is 20.6 Å². The number of imidazole rings is 1. The van der Waals surface area contributed by atoms with Gasteiger partial charge in [-0.05, 0) is 18.2 Å². The van der Waals surface area contributed by atoms with Crippen LogP contribution in [0.15, 0.2) is 30.7 Å². The lowest BCUT2D eigenvalue weighted by Crippen LogP contribution is -2.07. The van der Waals surface area contributed by atoms with Gasteiger partial charge in [0.25, 0.3) is 0 Å². The molecule has 0 aliphatic carbocycles. The number of hydrogen-bond donors (Lipinski definition) is 1. The number of nitrogens with zero attached hydrogens (tertiary/aromatic N) is 2. The number of rotatable bonds is 2. The van der Waals surface area contributed by atoms with Gasteiger partial charge in [-0.15, -0.1) is 0 Å². The van der Waals surface area contributed by atoms with E-state index in [0.717, 1.165) is 16.8 Å². The van der Waals surface area contributed by atoms with E-state index in [2.05, 4.69) is 4.98 Å². The molecule has 0 unspecified atom stereocenters. The Morgan fingerprint density at radius 3 is 2.88 bits per heavy atom. The van der Waals surface area contributed by atoms with Crippen molar-refractivity contribution < 1.29 is 14.3 Å². The van der Waals surface area contributed by atoms with Crippen molar-refractivity contribution >= 4 is 17.6 Å². The maximum absolute atomic E-state index is 13.5. The van der Waals surface area contributed by atoms with Crippen LogP contribution in [0.3, 0.4) is 0 Å². The molecule has 0 radical (unpaired) electrons. The van der Waals surface area contributed by atoms with E-state index in [1.165, 1.54) is 18.5 Å². The molecule has 0 bridgehead atoms. The highest BCUT2D eigenvalue weighted by Crippen LogP contribution is 2.19. The molecular weight excluding hydrogens is 235 g/mol. The number of carboxylic acid groups (broad SMARTS) is 1. The average molecular weight is 241 g/mol. The zero-order chi connectivity index (χ0) is 11.7. The van der Waals surface area contributed by atoms with Crippen LogP contribution in [0.25, 0.3) is 5.69 Å². The van der Waals surface area contributed by atoms with Crippen LogP contribution in [0.4, 0.5) is 4.39 Å². The van der Waals surface area contributed by atoms with Gasteiger partial charge in [-0.1, -0.05) is 11.6 Å². The third-order valence-electron chi connectivity index (χ3n) is 2.03. The Bertz CT molecular complexity index is 554. The summed E-state index contributed by atoms with van der Waals surface area (Å²) in [7, 11) is 0. The fourth-order valence-corrected chi connectivity index (χ4v) is 1.48. The van der Waals surface area contributed by atoms with Crippen molar-refractivity contribution in [3.05, 3.63) is 47.3 Å². The fraction of sp³-hybridized carbons (Fsp3) is 0. The van der Waals surface area contributed by atoms with Crippen molar-refractivity contribution in [3.63, 3.8) is 0 Å². The molecule has 1 aromatic carbocycles. The minimum absolute atomic E-state index is 0.0966. The Morgan fingerprint density at radius 2 is 2.25 bits per heavy atom. The quantitative estimate of drug-likeness (QED) is 0.877. The Hall–Kier alpha value is -1.88. The van der Waals surface area contributed by atoms with Crippen LogP contribution in [-0.2, 0) is 0 Å². The van der Waals surface area contributed by atoms with Gasteiger partial charge in [0, 0.05) is 5.02 Å². The number of benzene rings is 1. The Balaban J connectivity index is 2.59. The number of halogens is 2. The van der Waals surface area contributed by atoms with Crippen molar-refractivity contribution in [1.82, 2.24) is 9.55 Å². The lowest BCUT2D eigenvalue weighted by atomic mass is 10.3. The minimum Gasteiger partial charge on any atom is -0.477 e. The molecule has 16 heavy (non-hydrogen) atoms. The molecule has 0 atom stereocenters. The summed E-state index contributed by atoms with van der Waals surface area (Å²) < 4.78 is 14.7. The lowest BCUT2D eigenvalue weighted by Gasteiger charge is -2.06. The van der Waals surface area contributed by atoms with Gasteiger partial charge < -0.3 is 5.11 Å². The van der Waals surface area contributed by atoms with Crippen molar-refractivity contribution in [3.8, 4) is 5.69 Å². The molecule has 1 heterocycles. The van der Waals surface area contributed by atoms with Gasteiger partial charge in [0.05, 0.1) is 18.2 Å². The summed E-state index contributed by atoms with van der Waals surface area (Å²) in [6.07, 6.45) is 2.38. The van der Waals surface area contributed by atoms with Crippen LogP contribution in [0, 0.1) is 5.82 Å². The molecule has 0 saturated heterocycles. The van der Waals surface area contributed by atoms with Crippen molar-refractivity contribution in [2.24, 2.45) is 0 Å². The maximum atomic E-state index is 13.5. The molecule has 82 valence electrons. The van der Waals surface area contributed by atoms with E-state index in [1.54, 1.807) is 0 Å². The molecule has 0 aliphatic heterocycles. The van der Waals surface area contributed by atoms with Gasteiger partial charge in [-0.3, -0.25) is 4.57 Å². The normalized spacial score (nSPS) is 10.4. The SMILES string of the molecule is O=C(O)c1cncn1-c1ccc(Cl)cc1F. The fourth-order valence-electron chi connectivity index (χ4n) is 1.32. The molecule has 0 spiro atoms. The molecular formula is C10H6ClFN2O2. The maximum Gasteiger partial charge on any atom is 0.354 e. The second kappa shape index (κ2) is 3.94. The molecule has 0 fully saturated rings. The highest BCUT2D eigenvalue weighted by Gasteiger charge is 2.14. The smallest absolute Gasteiger partial charge is 0.354 e. The summed E-state index contributed by atoms with van der Waals surface area (Å²) in [6, 6.07) is 3.99. The Kier molecular flexibility index (Phi) is 2.62. The topological polar surface area (TPSA) is 55.1 Å². The van der Waals surface area contributed by atoms with Crippen LogP contribution in [0.2, 0.25) is 5.02 Å². The third kappa shape index (κ3) is 1.77. The van der Waals surface area contributed by atoms with Gasteiger partial charge in [-0.25, -0.2) is 14.2 Å². The first kappa shape index (κ1) is 10.6. The second-order valence-electron chi connectivity index (χ2n) is 3.05. The van der Waals surface area contributed by atoms with Gasteiger partial charge >= 0.3 is 5.97 Å². The summed E-state index contributed by atoms with van der Waals surface area (Å²) in [5.74, 6) is -1.78. The molecule has 1 N–H and O–H groups in total. The van der Waals surface area contributed by atoms with Crippen LogP contribution in [0.5, 0.6) is 0 Å². The first-order chi connectivity index (χ1) is 7.59. The van der Waals surface area contributed by atoms with E-state index in [1.807, 2.05) is 0 Å². The van der Waals surface area contributed by atoms with E-state index < -0.39 is 11.8 Å². The second-order valence-corrected chi connectivity index (χ2v) is 3.49. The molecule has 0 saturated carbocycles. The van der Waals surface area contributed by atoms with E-state index in [4.69, 9.17) is 16.7 Å². The third-order valence-corrected chi connectivity index (χ3v) is 2.26. The molecule has 2 rings (SSSR count). The number of aromatic nitrogens is 2. The molecule has 0 amide bonds. The van der Waals surface area contributed by atoms with Crippen molar-refractivity contribution in [2.45, 2.75) is 0 Å². The van der Waals surface area contributed by atoms with Crippen molar-refractivity contribution in [2.75, 3.05) is 0 Å². The van der Waals surface area contributed by atoms with Crippen molar-refractivity contribution in [1.29, 1.82) is 0 Å². The predicted molar refractivity (Wildman–Crippen MR) is 55.5 cm³/mol. The van der Waals surface area contributed by atoms with Gasteiger partial charge in [0.15, 0.2) is 5.69 Å². The summed E-state index contributed by atoms with van der Waals surface area (Å²) in [5.41, 5.74) is -0.0134. The lowest BCUT2D eigenvalue weighted by molar-refractivity contribution is 0.0688. The van der Waals surface area contributed by atoms with Gasteiger partial charge in [0.1, 0.15) is 5.82 Å². The molecule has 6 heteroatoms. The zero-order valence-corrected chi connectivity index (χ0v) is 8.65. The highest BCUT2D eigenvalue weighted by atomic mass is 35.5. The highest BCUT2D eigenvalue weighted by molar-refractivity contribution is 6.30. The number of carbonyl (C=O) groups is 1. The summed E-state index contributed by atoms with van der Waals surface area (Å²) in [5, 5.41) is 9.10. The number of carboxylic acids is 1. The van der Waals surface area contributed by atoms with Gasteiger partial charge in [-0.2, -0.15) is 0 Å². The van der Waals surface area contributed by atoms with E-state index in [0.29, 0.717) is 0 Å². The first-order valence-corrected chi connectivity index (χ1v) is 4.68. The van der Waals surface area contributed by atoms with E-state index in [-0.39, 0.29) is 16.4 Å². The van der Waals surface area contributed by atoms with E-state index in [9.17, 15) is 9.18 Å². The molecule has 1 aromatic heterocycles. The number of aromatic carboxylic acids is 1. The van der Waals surface area contributed by atoms with Crippen LogP contribution >= 0.6 is 11.6 Å².